The Kier molecular flexibility index (Phi) is 4.39. The summed E-state index contributed by atoms with van der Waals surface area (Å²) in [5, 5.41) is 0. The van der Waals surface area contributed by atoms with Crippen LogP contribution in [0.5, 0.6) is 0 Å². The molecule has 0 bridgehead atoms. The second-order valence-electron chi connectivity index (χ2n) is 5.07. The molecule has 14 heavy (non-hydrogen) atoms. The minimum Gasteiger partial charge on any atom is -0.326 e. The molecule has 2 N–H and O–H groups in total. The van der Waals surface area contributed by atoms with Crippen molar-refractivity contribution in [3.8, 4) is 0 Å². The van der Waals surface area contributed by atoms with Crippen molar-refractivity contribution in [3.05, 3.63) is 0 Å². The van der Waals surface area contributed by atoms with Gasteiger partial charge in [-0.25, -0.2) is 0 Å². The first-order valence-electron chi connectivity index (χ1n) is 6.07. The molecule has 1 saturated carbocycles. The van der Waals surface area contributed by atoms with Crippen LogP contribution in [0.1, 0.15) is 47.0 Å². The van der Waals surface area contributed by atoms with E-state index in [4.69, 9.17) is 5.73 Å². The first kappa shape index (κ1) is 12.0. The highest BCUT2D eigenvalue weighted by Crippen LogP contribution is 2.27. The highest BCUT2D eigenvalue weighted by molar-refractivity contribution is 4.89. The second kappa shape index (κ2) is 5.13. The lowest BCUT2D eigenvalue weighted by molar-refractivity contribution is 0.0931. The van der Waals surface area contributed by atoms with Gasteiger partial charge in [-0.05, 0) is 45.6 Å². The van der Waals surface area contributed by atoms with Gasteiger partial charge in [-0.15, -0.1) is 0 Å². The van der Waals surface area contributed by atoms with Crippen LogP contribution >= 0.6 is 0 Å². The van der Waals surface area contributed by atoms with Gasteiger partial charge < -0.3 is 5.73 Å². The standard InChI is InChI=1S/C12H26N2/c1-5-14(9(2)3)12-8-10(4)6-7-11(12)13/h9-12H,5-8,13H2,1-4H3. The molecular weight excluding hydrogens is 172 g/mol. The van der Waals surface area contributed by atoms with Crippen LogP contribution in [0.4, 0.5) is 0 Å². The zero-order valence-electron chi connectivity index (χ0n) is 10.2. The maximum Gasteiger partial charge on any atom is 0.0252 e. The van der Waals surface area contributed by atoms with Gasteiger partial charge in [0.1, 0.15) is 0 Å². The highest BCUT2D eigenvalue weighted by atomic mass is 15.2. The summed E-state index contributed by atoms with van der Waals surface area (Å²) in [6.45, 7) is 10.3. The molecule has 1 aliphatic rings. The van der Waals surface area contributed by atoms with Gasteiger partial charge in [-0.3, -0.25) is 4.90 Å². The first-order valence-corrected chi connectivity index (χ1v) is 6.07. The van der Waals surface area contributed by atoms with E-state index in [9.17, 15) is 0 Å². The molecule has 1 aliphatic carbocycles. The molecule has 0 aromatic heterocycles. The summed E-state index contributed by atoms with van der Waals surface area (Å²) < 4.78 is 0. The Morgan fingerprint density at radius 1 is 1.36 bits per heavy atom. The number of hydrogen-bond donors (Lipinski definition) is 1. The summed E-state index contributed by atoms with van der Waals surface area (Å²) >= 11 is 0. The third-order valence-corrected chi connectivity index (χ3v) is 3.59. The lowest BCUT2D eigenvalue weighted by Crippen LogP contribution is -2.53. The van der Waals surface area contributed by atoms with E-state index in [0.29, 0.717) is 18.1 Å². The van der Waals surface area contributed by atoms with Gasteiger partial charge in [0.05, 0.1) is 0 Å². The van der Waals surface area contributed by atoms with Crippen molar-refractivity contribution >= 4 is 0 Å². The molecule has 0 spiro atoms. The minimum absolute atomic E-state index is 0.397. The zero-order valence-corrected chi connectivity index (χ0v) is 10.2. The molecule has 0 heterocycles. The summed E-state index contributed by atoms with van der Waals surface area (Å²) in [7, 11) is 0. The molecule has 0 saturated heterocycles. The van der Waals surface area contributed by atoms with E-state index in [1.165, 1.54) is 19.3 Å². The number of nitrogens with two attached hydrogens (primary N) is 1. The van der Waals surface area contributed by atoms with E-state index in [2.05, 4.69) is 32.6 Å². The molecule has 0 aliphatic heterocycles. The van der Waals surface area contributed by atoms with Crippen LogP contribution in [0, 0.1) is 5.92 Å². The molecule has 0 aromatic rings. The maximum atomic E-state index is 6.21. The van der Waals surface area contributed by atoms with Crippen molar-refractivity contribution in [1.82, 2.24) is 4.90 Å². The Hall–Kier alpha value is -0.0800. The van der Waals surface area contributed by atoms with E-state index in [-0.39, 0.29) is 0 Å². The summed E-state index contributed by atoms with van der Waals surface area (Å²) in [6, 6.07) is 1.64. The van der Waals surface area contributed by atoms with Crippen molar-refractivity contribution in [2.24, 2.45) is 11.7 Å². The SMILES string of the molecule is CCN(C(C)C)C1CC(C)CCC1N. The topological polar surface area (TPSA) is 29.3 Å². The molecule has 3 unspecified atom stereocenters. The summed E-state index contributed by atoms with van der Waals surface area (Å²) in [5.74, 6) is 0.854. The van der Waals surface area contributed by atoms with Crippen molar-refractivity contribution in [3.63, 3.8) is 0 Å². The van der Waals surface area contributed by atoms with E-state index in [1.807, 2.05) is 0 Å². The smallest absolute Gasteiger partial charge is 0.0252 e. The number of likely N-dealkylation sites (N-methyl/N-ethyl adjacent to an activating group) is 1. The number of nitrogens with zero attached hydrogens (tertiary/aromatic N) is 1. The molecular formula is C12H26N2. The van der Waals surface area contributed by atoms with Gasteiger partial charge in [0.15, 0.2) is 0 Å². The number of rotatable bonds is 3. The Labute approximate surface area is 88.8 Å². The Morgan fingerprint density at radius 3 is 2.50 bits per heavy atom. The van der Waals surface area contributed by atoms with Crippen LogP contribution in [-0.2, 0) is 0 Å². The largest absolute Gasteiger partial charge is 0.326 e. The van der Waals surface area contributed by atoms with Crippen LogP contribution in [-0.4, -0.2) is 29.6 Å². The molecule has 1 rings (SSSR count). The van der Waals surface area contributed by atoms with Crippen LogP contribution in [0.25, 0.3) is 0 Å². The van der Waals surface area contributed by atoms with Crippen molar-refractivity contribution in [2.45, 2.75) is 65.1 Å². The van der Waals surface area contributed by atoms with Crippen LogP contribution in [0.3, 0.4) is 0 Å². The summed E-state index contributed by atoms with van der Waals surface area (Å²) in [5.41, 5.74) is 6.21. The van der Waals surface area contributed by atoms with Gasteiger partial charge in [0.25, 0.3) is 0 Å². The Bertz CT molecular complexity index is 168. The van der Waals surface area contributed by atoms with Crippen molar-refractivity contribution in [2.75, 3.05) is 6.54 Å². The van der Waals surface area contributed by atoms with Gasteiger partial charge in [0, 0.05) is 18.1 Å². The van der Waals surface area contributed by atoms with Crippen molar-refractivity contribution in [1.29, 1.82) is 0 Å². The fourth-order valence-electron chi connectivity index (χ4n) is 2.74. The van der Waals surface area contributed by atoms with Crippen molar-refractivity contribution < 1.29 is 0 Å². The predicted octanol–water partition coefficient (Wildman–Crippen LogP) is 2.23. The average Bonchev–Trinajstić information content (AvgIpc) is 2.11. The van der Waals surface area contributed by atoms with Crippen LogP contribution in [0.2, 0.25) is 0 Å². The zero-order chi connectivity index (χ0) is 10.7. The molecule has 0 aromatic carbocycles. The Morgan fingerprint density at radius 2 is 2.00 bits per heavy atom. The van der Waals surface area contributed by atoms with Crippen LogP contribution < -0.4 is 5.73 Å². The van der Waals surface area contributed by atoms with Crippen LogP contribution in [0.15, 0.2) is 0 Å². The van der Waals surface area contributed by atoms with Gasteiger partial charge in [-0.1, -0.05) is 13.8 Å². The molecule has 3 atom stereocenters. The third-order valence-electron chi connectivity index (χ3n) is 3.59. The third kappa shape index (κ3) is 2.71. The molecule has 2 heteroatoms. The molecule has 0 amide bonds. The number of hydrogen-bond acceptors (Lipinski definition) is 2. The lowest BCUT2D eigenvalue weighted by atomic mass is 9.82. The van der Waals surface area contributed by atoms with E-state index in [1.54, 1.807) is 0 Å². The summed E-state index contributed by atoms with van der Waals surface area (Å²) in [4.78, 5) is 2.56. The quantitative estimate of drug-likeness (QED) is 0.753. The minimum atomic E-state index is 0.397. The lowest BCUT2D eigenvalue weighted by Gasteiger charge is -2.42. The van der Waals surface area contributed by atoms with Gasteiger partial charge >= 0.3 is 0 Å². The predicted molar refractivity (Wildman–Crippen MR) is 62.3 cm³/mol. The summed E-state index contributed by atoms with van der Waals surface area (Å²) in [6.07, 6.45) is 3.80. The highest BCUT2D eigenvalue weighted by Gasteiger charge is 2.30. The average molecular weight is 198 g/mol. The maximum absolute atomic E-state index is 6.21. The monoisotopic (exact) mass is 198 g/mol. The Balaban J connectivity index is 2.62. The van der Waals surface area contributed by atoms with E-state index in [0.717, 1.165) is 12.5 Å². The molecule has 1 fully saturated rings. The molecule has 0 radical (unpaired) electrons. The molecule has 84 valence electrons. The molecule has 2 nitrogen and oxygen atoms in total. The van der Waals surface area contributed by atoms with E-state index < -0.39 is 0 Å². The van der Waals surface area contributed by atoms with Gasteiger partial charge in [0.2, 0.25) is 0 Å². The second-order valence-corrected chi connectivity index (χ2v) is 5.07. The fraction of sp³-hybridized carbons (Fsp3) is 1.00. The fourth-order valence-corrected chi connectivity index (χ4v) is 2.74. The van der Waals surface area contributed by atoms with E-state index >= 15 is 0 Å². The van der Waals surface area contributed by atoms with Gasteiger partial charge in [-0.2, -0.15) is 0 Å². The first-order chi connectivity index (χ1) is 6.56. The normalized spacial score (nSPS) is 34.1.